The van der Waals surface area contributed by atoms with Crippen LogP contribution in [0.2, 0.25) is 0 Å². The molecule has 0 spiro atoms. The Labute approximate surface area is 83.5 Å². The van der Waals surface area contributed by atoms with Crippen molar-refractivity contribution in [1.82, 2.24) is 0 Å². The van der Waals surface area contributed by atoms with Crippen molar-refractivity contribution >= 4 is 21.9 Å². The van der Waals surface area contributed by atoms with Crippen LogP contribution in [0, 0.1) is 5.82 Å². The molecule has 0 bridgehead atoms. The van der Waals surface area contributed by atoms with Crippen LogP contribution in [-0.4, -0.2) is 11.1 Å². The third-order valence-corrected chi connectivity index (χ3v) is 2.31. The molecule has 0 aromatic heterocycles. The van der Waals surface area contributed by atoms with Crippen molar-refractivity contribution in [1.29, 1.82) is 0 Å². The lowest BCUT2D eigenvalue weighted by Gasteiger charge is -2.03. The lowest BCUT2D eigenvalue weighted by atomic mass is 10.1. The third kappa shape index (κ3) is 2.06. The SMILES string of the molecule is CCc1cc(C(=O)O)cc(Br)c1F. The molecule has 0 unspecified atom stereocenters. The standard InChI is InChI=1S/C9H8BrFO2/c1-2-5-3-6(9(12)13)4-7(10)8(5)11/h3-4H,2H2,1H3,(H,12,13). The quantitative estimate of drug-likeness (QED) is 0.872. The molecule has 2 nitrogen and oxygen atoms in total. The number of benzene rings is 1. The molecule has 1 aromatic carbocycles. The van der Waals surface area contributed by atoms with Gasteiger partial charge in [-0.05, 0) is 40.0 Å². The van der Waals surface area contributed by atoms with Crippen molar-refractivity contribution < 1.29 is 14.3 Å². The van der Waals surface area contributed by atoms with Crippen molar-refractivity contribution in [2.24, 2.45) is 0 Å². The minimum absolute atomic E-state index is 0.102. The van der Waals surface area contributed by atoms with Crippen LogP contribution in [0.5, 0.6) is 0 Å². The van der Waals surface area contributed by atoms with Crippen molar-refractivity contribution in [3.63, 3.8) is 0 Å². The van der Waals surface area contributed by atoms with Gasteiger partial charge in [-0.2, -0.15) is 0 Å². The second-order valence-electron chi connectivity index (χ2n) is 2.59. The van der Waals surface area contributed by atoms with Gasteiger partial charge in [0.2, 0.25) is 0 Å². The molecule has 0 fully saturated rings. The molecule has 1 N–H and O–H groups in total. The molecule has 0 heterocycles. The zero-order valence-electron chi connectivity index (χ0n) is 6.97. The number of aryl methyl sites for hydroxylation is 1. The van der Waals surface area contributed by atoms with E-state index >= 15 is 0 Å². The van der Waals surface area contributed by atoms with E-state index in [2.05, 4.69) is 15.9 Å². The molecule has 0 saturated carbocycles. The number of rotatable bonds is 2. The summed E-state index contributed by atoms with van der Waals surface area (Å²) in [5.41, 5.74) is 0.511. The van der Waals surface area contributed by atoms with Crippen molar-refractivity contribution in [2.75, 3.05) is 0 Å². The molecule has 70 valence electrons. The largest absolute Gasteiger partial charge is 0.478 e. The maximum Gasteiger partial charge on any atom is 0.335 e. The zero-order chi connectivity index (χ0) is 10.0. The van der Waals surface area contributed by atoms with Gasteiger partial charge in [-0.25, -0.2) is 9.18 Å². The first-order valence-corrected chi connectivity index (χ1v) is 4.56. The Morgan fingerprint density at radius 1 is 1.62 bits per heavy atom. The van der Waals surface area contributed by atoms with Crippen LogP contribution in [0.4, 0.5) is 4.39 Å². The summed E-state index contributed by atoms with van der Waals surface area (Å²) in [6.45, 7) is 1.77. The fraction of sp³-hybridized carbons (Fsp3) is 0.222. The highest BCUT2D eigenvalue weighted by atomic mass is 79.9. The van der Waals surface area contributed by atoms with Gasteiger partial charge in [-0.3, -0.25) is 0 Å². The highest BCUT2D eigenvalue weighted by Gasteiger charge is 2.11. The van der Waals surface area contributed by atoms with E-state index in [0.717, 1.165) is 0 Å². The second kappa shape index (κ2) is 3.87. The first-order chi connectivity index (χ1) is 6.06. The van der Waals surface area contributed by atoms with Gasteiger partial charge in [0.15, 0.2) is 0 Å². The second-order valence-corrected chi connectivity index (χ2v) is 3.44. The highest BCUT2D eigenvalue weighted by molar-refractivity contribution is 9.10. The Balaban J connectivity index is 3.30. The molecule has 0 radical (unpaired) electrons. The minimum Gasteiger partial charge on any atom is -0.478 e. The van der Waals surface area contributed by atoms with E-state index in [1.54, 1.807) is 6.92 Å². The average Bonchev–Trinajstić information content (AvgIpc) is 2.09. The van der Waals surface area contributed by atoms with Crippen LogP contribution in [0.1, 0.15) is 22.8 Å². The van der Waals surface area contributed by atoms with Gasteiger partial charge in [0.25, 0.3) is 0 Å². The van der Waals surface area contributed by atoms with Gasteiger partial charge in [0.05, 0.1) is 10.0 Å². The van der Waals surface area contributed by atoms with Crippen molar-refractivity contribution in [3.05, 3.63) is 33.5 Å². The highest BCUT2D eigenvalue weighted by Crippen LogP contribution is 2.21. The van der Waals surface area contributed by atoms with Gasteiger partial charge in [-0.1, -0.05) is 6.92 Å². The average molecular weight is 247 g/mol. The van der Waals surface area contributed by atoms with Gasteiger partial charge >= 0.3 is 5.97 Å². The molecule has 0 aliphatic rings. The maximum atomic E-state index is 13.2. The van der Waals surface area contributed by atoms with E-state index in [9.17, 15) is 9.18 Å². The summed E-state index contributed by atoms with van der Waals surface area (Å²) in [7, 11) is 0. The van der Waals surface area contributed by atoms with E-state index < -0.39 is 5.97 Å². The van der Waals surface area contributed by atoms with Gasteiger partial charge in [0.1, 0.15) is 5.82 Å². The van der Waals surface area contributed by atoms with Gasteiger partial charge < -0.3 is 5.11 Å². The molecule has 0 aliphatic carbocycles. The fourth-order valence-electron chi connectivity index (χ4n) is 1.03. The summed E-state index contributed by atoms with van der Waals surface area (Å²) in [5, 5.41) is 8.68. The zero-order valence-corrected chi connectivity index (χ0v) is 8.56. The third-order valence-electron chi connectivity index (χ3n) is 1.73. The molecule has 0 saturated heterocycles. The fourth-order valence-corrected chi connectivity index (χ4v) is 1.53. The van der Waals surface area contributed by atoms with E-state index in [1.807, 2.05) is 0 Å². The number of carboxylic acid groups (broad SMARTS) is 1. The minimum atomic E-state index is -1.05. The summed E-state index contributed by atoms with van der Waals surface area (Å²) in [6.07, 6.45) is 0.478. The number of carboxylic acids is 1. The molecule has 1 aromatic rings. The Bertz CT molecular complexity index is 350. The number of aromatic carboxylic acids is 1. The van der Waals surface area contributed by atoms with Crippen molar-refractivity contribution in [2.45, 2.75) is 13.3 Å². The lowest BCUT2D eigenvalue weighted by Crippen LogP contribution is -2.00. The Kier molecular flexibility index (Phi) is 3.03. The number of carbonyl (C=O) groups is 1. The Hall–Kier alpha value is -0.900. The first-order valence-electron chi connectivity index (χ1n) is 3.77. The molecule has 1 rings (SSSR count). The van der Waals surface area contributed by atoms with Crippen LogP contribution in [0.3, 0.4) is 0 Å². The van der Waals surface area contributed by atoms with Crippen LogP contribution in [0.25, 0.3) is 0 Å². The summed E-state index contributed by atoms with van der Waals surface area (Å²) in [5.74, 6) is -1.43. The van der Waals surface area contributed by atoms with E-state index in [1.165, 1.54) is 12.1 Å². The number of hydrogen-bond acceptors (Lipinski definition) is 1. The monoisotopic (exact) mass is 246 g/mol. The van der Waals surface area contributed by atoms with E-state index in [0.29, 0.717) is 12.0 Å². The number of hydrogen-bond donors (Lipinski definition) is 1. The van der Waals surface area contributed by atoms with E-state index in [4.69, 9.17) is 5.11 Å². The van der Waals surface area contributed by atoms with E-state index in [-0.39, 0.29) is 15.9 Å². The molecule has 0 atom stereocenters. The summed E-state index contributed by atoms with van der Waals surface area (Å²) in [6, 6.07) is 2.61. The molecule has 4 heteroatoms. The molecular formula is C9H8BrFO2. The van der Waals surface area contributed by atoms with Gasteiger partial charge in [0, 0.05) is 0 Å². The Morgan fingerprint density at radius 3 is 2.69 bits per heavy atom. The predicted octanol–water partition coefficient (Wildman–Crippen LogP) is 2.85. The van der Waals surface area contributed by atoms with Crippen molar-refractivity contribution in [3.8, 4) is 0 Å². The smallest absolute Gasteiger partial charge is 0.335 e. The van der Waals surface area contributed by atoms with Crippen LogP contribution in [-0.2, 0) is 6.42 Å². The van der Waals surface area contributed by atoms with Crippen LogP contribution >= 0.6 is 15.9 Å². The van der Waals surface area contributed by atoms with Gasteiger partial charge in [-0.15, -0.1) is 0 Å². The molecule has 0 aliphatic heterocycles. The number of halogens is 2. The first kappa shape index (κ1) is 10.2. The summed E-state index contributed by atoms with van der Waals surface area (Å²) >= 11 is 2.97. The predicted molar refractivity (Wildman–Crippen MR) is 50.4 cm³/mol. The van der Waals surface area contributed by atoms with Crippen LogP contribution < -0.4 is 0 Å². The van der Waals surface area contributed by atoms with Crippen LogP contribution in [0.15, 0.2) is 16.6 Å². The molecular weight excluding hydrogens is 239 g/mol. The summed E-state index contributed by atoms with van der Waals surface area (Å²) < 4.78 is 13.4. The molecule has 13 heavy (non-hydrogen) atoms. The molecule has 0 amide bonds. The normalized spacial score (nSPS) is 10.1. The Morgan fingerprint density at radius 2 is 2.23 bits per heavy atom. The maximum absolute atomic E-state index is 13.2. The summed E-state index contributed by atoms with van der Waals surface area (Å²) in [4.78, 5) is 10.6. The lowest BCUT2D eigenvalue weighted by molar-refractivity contribution is 0.0696. The topological polar surface area (TPSA) is 37.3 Å².